The molecule has 14 heavy (non-hydrogen) atoms. The number of nitrogens with one attached hydrogen (secondary N) is 2. The Bertz CT molecular complexity index is 243. The lowest BCUT2D eigenvalue weighted by Crippen LogP contribution is -2.08. The molecule has 0 saturated carbocycles. The Balaban J connectivity index is 2.50. The fraction of sp³-hybridized carbons (Fsp3) is 0.556. The molecule has 0 fully saturated rings. The van der Waals surface area contributed by atoms with E-state index < -0.39 is 0 Å². The zero-order chi connectivity index (χ0) is 10.2. The van der Waals surface area contributed by atoms with Crippen molar-refractivity contribution in [1.29, 1.82) is 0 Å². The topological polar surface area (TPSA) is 70.1 Å². The van der Waals surface area contributed by atoms with Crippen molar-refractivity contribution < 1.29 is 5.11 Å². The summed E-state index contributed by atoms with van der Waals surface area (Å²) in [4.78, 5) is 8.07. The molecule has 1 heterocycles. The molecule has 0 aliphatic rings. The van der Waals surface area contributed by atoms with Crippen LogP contribution in [0.25, 0.3) is 0 Å². The molecule has 0 atom stereocenters. The highest BCUT2D eigenvalue weighted by Crippen LogP contribution is 2.07. The van der Waals surface area contributed by atoms with Gasteiger partial charge < -0.3 is 15.7 Å². The molecule has 0 saturated heterocycles. The van der Waals surface area contributed by atoms with Crippen LogP contribution in [-0.2, 0) is 0 Å². The Morgan fingerprint density at radius 3 is 2.43 bits per heavy atom. The summed E-state index contributed by atoms with van der Waals surface area (Å²) in [7, 11) is 0. The molecule has 0 spiro atoms. The largest absolute Gasteiger partial charge is 0.395 e. The summed E-state index contributed by atoms with van der Waals surface area (Å²) in [6, 6.07) is 1.82. The maximum atomic E-state index is 8.62. The number of nitrogens with zero attached hydrogens (tertiary/aromatic N) is 2. The molecule has 1 rings (SSSR count). The monoisotopic (exact) mass is 196 g/mol. The highest BCUT2D eigenvalue weighted by Gasteiger charge is 1.96. The first-order chi connectivity index (χ1) is 6.86. The van der Waals surface area contributed by atoms with Gasteiger partial charge >= 0.3 is 0 Å². The quantitative estimate of drug-likeness (QED) is 0.625. The lowest BCUT2D eigenvalue weighted by Gasteiger charge is -2.06. The van der Waals surface area contributed by atoms with Crippen molar-refractivity contribution in [1.82, 2.24) is 9.97 Å². The van der Waals surface area contributed by atoms with Gasteiger partial charge in [0.1, 0.15) is 18.0 Å². The zero-order valence-corrected chi connectivity index (χ0v) is 8.32. The Labute approximate surface area is 83.6 Å². The Morgan fingerprint density at radius 1 is 1.21 bits per heavy atom. The van der Waals surface area contributed by atoms with Crippen LogP contribution in [0.2, 0.25) is 0 Å². The molecule has 0 aromatic carbocycles. The summed E-state index contributed by atoms with van der Waals surface area (Å²) in [5.41, 5.74) is 0. The summed E-state index contributed by atoms with van der Waals surface area (Å²) in [5, 5.41) is 14.7. The lowest BCUT2D eigenvalue weighted by atomic mass is 10.4. The predicted molar refractivity (Wildman–Crippen MR) is 56.4 cm³/mol. The van der Waals surface area contributed by atoms with E-state index >= 15 is 0 Å². The second-order valence-corrected chi connectivity index (χ2v) is 2.87. The van der Waals surface area contributed by atoms with Gasteiger partial charge in [-0.25, -0.2) is 9.97 Å². The number of anilines is 2. The summed E-state index contributed by atoms with van der Waals surface area (Å²) in [6.45, 7) is 3.60. The number of aliphatic hydroxyl groups excluding tert-OH is 1. The van der Waals surface area contributed by atoms with Gasteiger partial charge in [-0.1, -0.05) is 6.92 Å². The molecule has 5 heteroatoms. The number of hydrogen-bond donors (Lipinski definition) is 3. The highest BCUT2D eigenvalue weighted by molar-refractivity contribution is 5.46. The number of aliphatic hydroxyl groups is 1. The molecule has 1 aromatic rings. The van der Waals surface area contributed by atoms with Crippen molar-refractivity contribution in [2.24, 2.45) is 0 Å². The second kappa shape index (κ2) is 6.15. The Kier molecular flexibility index (Phi) is 4.71. The molecule has 0 bridgehead atoms. The predicted octanol–water partition coefficient (Wildman–Crippen LogP) is 0.703. The summed E-state index contributed by atoms with van der Waals surface area (Å²) in [5.74, 6) is 1.54. The third kappa shape index (κ3) is 3.57. The van der Waals surface area contributed by atoms with Crippen LogP contribution in [0.3, 0.4) is 0 Å². The van der Waals surface area contributed by atoms with Crippen molar-refractivity contribution in [2.75, 3.05) is 30.3 Å². The van der Waals surface area contributed by atoms with Gasteiger partial charge in [0.25, 0.3) is 0 Å². The maximum Gasteiger partial charge on any atom is 0.131 e. The normalized spacial score (nSPS) is 9.86. The van der Waals surface area contributed by atoms with Crippen LogP contribution in [0.4, 0.5) is 11.6 Å². The van der Waals surface area contributed by atoms with E-state index in [4.69, 9.17) is 5.11 Å². The minimum Gasteiger partial charge on any atom is -0.395 e. The van der Waals surface area contributed by atoms with Gasteiger partial charge in [-0.2, -0.15) is 0 Å². The van der Waals surface area contributed by atoms with Crippen molar-refractivity contribution in [3.63, 3.8) is 0 Å². The van der Waals surface area contributed by atoms with Crippen LogP contribution >= 0.6 is 0 Å². The van der Waals surface area contributed by atoms with E-state index in [9.17, 15) is 0 Å². The second-order valence-electron chi connectivity index (χ2n) is 2.87. The van der Waals surface area contributed by atoms with Crippen LogP contribution in [0.15, 0.2) is 12.4 Å². The van der Waals surface area contributed by atoms with Crippen molar-refractivity contribution in [3.05, 3.63) is 12.4 Å². The van der Waals surface area contributed by atoms with E-state index in [2.05, 4.69) is 27.5 Å². The SMILES string of the molecule is CCCNc1cc(NCCO)ncn1. The maximum absolute atomic E-state index is 8.62. The van der Waals surface area contributed by atoms with Crippen molar-refractivity contribution in [3.8, 4) is 0 Å². The summed E-state index contributed by atoms with van der Waals surface area (Å²) < 4.78 is 0. The van der Waals surface area contributed by atoms with E-state index in [0.717, 1.165) is 24.6 Å². The molecular weight excluding hydrogens is 180 g/mol. The molecule has 78 valence electrons. The van der Waals surface area contributed by atoms with Crippen LogP contribution in [-0.4, -0.2) is 34.8 Å². The summed E-state index contributed by atoms with van der Waals surface area (Å²) >= 11 is 0. The number of hydrogen-bond acceptors (Lipinski definition) is 5. The van der Waals surface area contributed by atoms with E-state index in [1.165, 1.54) is 6.33 Å². The minimum atomic E-state index is 0.0989. The average molecular weight is 196 g/mol. The van der Waals surface area contributed by atoms with Gasteiger partial charge in [-0.05, 0) is 6.42 Å². The molecule has 5 nitrogen and oxygen atoms in total. The smallest absolute Gasteiger partial charge is 0.131 e. The van der Waals surface area contributed by atoms with Crippen molar-refractivity contribution >= 4 is 11.6 Å². The molecule has 3 N–H and O–H groups in total. The first-order valence-electron chi connectivity index (χ1n) is 4.77. The molecule has 0 aliphatic heterocycles. The highest BCUT2D eigenvalue weighted by atomic mass is 16.3. The van der Waals surface area contributed by atoms with Gasteiger partial charge in [0.05, 0.1) is 6.61 Å². The van der Waals surface area contributed by atoms with Crippen LogP contribution in [0, 0.1) is 0 Å². The third-order valence-corrected chi connectivity index (χ3v) is 1.64. The zero-order valence-electron chi connectivity index (χ0n) is 8.32. The van der Waals surface area contributed by atoms with Gasteiger partial charge in [-0.3, -0.25) is 0 Å². The molecule has 0 unspecified atom stereocenters. The first kappa shape index (κ1) is 10.7. The van der Waals surface area contributed by atoms with Gasteiger partial charge in [0.15, 0.2) is 0 Å². The van der Waals surface area contributed by atoms with E-state index in [1.54, 1.807) is 0 Å². The number of rotatable bonds is 6. The molecule has 0 amide bonds. The van der Waals surface area contributed by atoms with Crippen LogP contribution in [0.5, 0.6) is 0 Å². The Morgan fingerprint density at radius 2 is 1.86 bits per heavy atom. The van der Waals surface area contributed by atoms with Crippen molar-refractivity contribution in [2.45, 2.75) is 13.3 Å². The van der Waals surface area contributed by atoms with Gasteiger partial charge in [-0.15, -0.1) is 0 Å². The molecular formula is C9H16N4O. The molecule has 1 aromatic heterocycles. The van der Waals surface area contributed by atoms with Crippen LogP contribution < -0.4 is 10.6 Å². The Hall–Kier alpha value is -1.36. The van der Waals surface area contributed by atoms with E-state index in [-0.39, 0.29) is 6.61 Å². The lowest BCUT2D eigenvalue weighted by molar-refractivity contribution is 0.311. The van der Waals surface area contributed by atoms with E-state index in [1.807, 2.05) is 6.07 Å². The standard InChI is InChI=1S/C9H16N4O/c1-2-3-10-8-6-9(11-4-5-14)13-7-12-8/h6-7,14H,2-5H2,1H3,(H2,10,11,12,13). The van der Waals surface area contributed by atoms with Gasteiger partial charge in [0.2, 0.25) is 0 Å². The van der Waals surface area contributed by atoms with E-state index in [0.29, 0.717) is 6.54 Å². The average Bonchev–Trinajstić information content (AvgIpc) is 2.24. The van der Waals surface area contributed by atoms with Gasteiger partial charge in [0, 0.05) is 19.2 Å². The minimum absolute atomic E-state index is 0.0989. The molecule has 0 aliphatic carbocycles. The fourth-order valence-electron chi connectivity index (χ4n) is 0.988. The number of aromatic nitrogens is 2. The summed E-state index contributed by atoms with van der Waals surface area (Å²) in [6.07, 6.45) is 2.56. The van der Waals surface area contributed by atoms with Crippen LogP contribution in [0.1, 0.15) is 13.3 Å². The molecule has 0 radical (unpaired) electrons. The first-order valence-corrected chi connectivity index (χ1v) is 4.77. The third-order valence-electron chi connectivity index (χ3n) is 1.64. The fourth-order valence-corrected chi connectivity index (χ4v) is 0.988.